The lowest BCUT2D eigenvalue weighted by molar-refractivity contribution is -0.383. The molecule has 1 aromatic rings. The zero-order valence-electron chi connectivity index (χ0n) is 14.3. The first-order valence-corrected chi connectivity index (χ1v) is 9.03. The maximum Gasteiger partial charge on any atom is 0.292 e. The summed E-state index contributed by atoms with van der Waals surface area (Å²) in [5.41, 5.74) is 0.237. The van der Waals surface area contributed by atoms with Gasteiger partial charge >= 0.3 is 0 Å². The average molecular weight is 340 g/mol. The monoisotopic (exact) mass is 340 g/mol. The van der Waals surface area contributed by atoms with Gasteiger partial charge in [-0.3, -0.25) is 14.9 Å². The van der Waals surface area contributed by atoms with Crippen LogP contribution in [0.25, 0.3) is 0 Å². The molecule has 2 aliphatic carbocycles. The molecule has 0 radical (unpaired) electrons. The molecule has 2 aliphatic rings. The number of nitrogens with one attached hydrogen (secondary N) is 1. The topological polar surface area (TPSA) is 72.2 Å². The number of rotatable bonds is 3. The van der Waals surface area contributed by atoms with E-state index in [0.717, 1.165) is 38.5 Å². The molecule has 1 unspecified atom stereocenters. The van der Waals surface area contributed by atoms with E-state index in [1.807, 2.05) is 0 Å². The number of hydrogen-bond donors (Lipinski definition) is 1. The zero-order chi connectivity index (χ0) is 17.6. The molecule has 1 N–H and O–H groups in total. The summed E-state index contributed by atoms with van der Waals surface area (Å²) < 4.78 is 0. The number of nitro groups is 1. The van der Waals surface area contributed by atoms with E-state index in [9.17, 15) is 14.9 Å². The summed E-state index contributed by atoms with van der Waals surface area (Å²) in [6.07, 6.45) is 15.0. The summed E-state index contributed by atoms with van der Waals surface area (Å²) in [4.78, 5) is 23.3. The third-order valence-electron chi connectivity index (χ3n) is 5.16. The van der Waals surface area contributed by atoms with Gasteiger partial charge in [-0.1, -0.05) is 36.4 Å². The highest BCUT2D eigenvalue weighted by Gasteiger charge is 2.53. The molecule has 3 atom stereocenters. The molecule has 1 amide bonds. The van der Waals surface area contributed by atoms with Gasteiger partial charge in [-0.05, 0) is 56.4 Å². The van der Waals surface area contributed by atoms with Crippen LogP contribution in [0.4, 0.5) is 11.4 Å². The first-order valence-electron chi connectivity index (χ1n) is 9.03. The molecule has 25 heavy (non-hydrogen) atoms. The molecule has 1 aromatic carbocycles. The van der Waals surface area contributed by atoms with Crippen molar-refractivity contribution in [2.45, 2.75) is 38.5 Å². The van der Waals surface area contributed by atoms with Crippen LogP contribution >= 0.6 is 0 Å². The number of anilines is 1. The summed E-state index contributed by atoms with van der Waals surface area (Å²) in [5.74, 6) is 0.676. The van der Waals surface area contributed by atoms with Crippen LogP contribution in [0.5, 0.6) is 0 Å². The molecular formula is C20H24N2O3. The average Bonchev–Trinajstić information content (AvgIpc) is 3.27. The first kappa shape index (κ1) is 17.4. The summed E-state index contributed by atoms with van der Waals surface area (Å²) in [5, 5.41) is 13.9. The Morgan fingerprint density at radius 2 is 1.52 bits per heavy atom. The molecule has 3 rings (SSSR count). The van der Waals surface area contributed by atoms with Gasteiger partial charge in [0.15, 0.2) is 0 Å². The summed E-state index contributed by atoms with van der Waals surface area (Å²) in [6.45, 7) is 0. The number of para-hydroxylation sites is 2. The Morgan fingerprint density at radius 1 is 0.960 bits per heavy atom. The molecule has 5 nitrogen and oxygen atoms in total. The van der Waals surface area contributed by atoms with E-state index >= 15 is 0 Å². The zero-order valence-corrected chi connectivity index (χ0v) is 14.3. The number of nitrogens with zero attached hydrogens (tertiary/aromatic N) is 1. The van der Waals surface area contributed by atoms with Crippen molar-refractivity contribution in [3.63, 3.8) is 0 Å². The lowest BCUT2D eigenvalue weighted by Gasteiger charge is -2.05. The van der Waals surface area contributed by atoms with Crippen LogP contribution in [0.15, 0.2) is 48.6 Å². The molecule has 0 aromatic heterocycles. The summed E-state index contributed by atoms with van der Waals surface area (Å²) in [7, 11) is 0. The van der Waals surface area contributed by atoms with E-state index in [-0.39, 0.29) is 17.5 Å². The van der Waals surface area contributed by atoms with Crippen LogP contribution in [0.1, 0.15) is 38.5 Å². The highest BCUT2D eigenvalue weighted by molar-refractivity contribution is 5.96. The number of carbonyl (C=O) groups excluding carboxylic acids is 1. The van der Waals surface area contributed by atoms with E-state index in [1.165, 1.54) is 6.07 Å². The van der Waals surface area contributed by atoms with E-state index < -0.39 is 4.92 Å². The molecular weight excluding hydrogens is 316 g/mol. The van der Waals surface area contributed by atoms with Crippen LogP contribution in [0.2, 0.25) is 0 Å². The van der Waals surface area contributed by atoms with Crippen molar-refractivity contribution >= 4 is 17.3 Å². The third-order valence-corrected chi connectivity index (χ3v) is 5.16. The van der Waals surface area contributed by atoms with Crippen LogP contribution < -0.4 is 5.32 Å². The Labute approximate surface area is 148 Å². The predicted octanol–water partition coefficient (Wildman–Crippen LogP) is 4.86. The minimum absolute atomic E-state index is 0.0256. The van der Waals surface area contributed by atoms with Gasteiger partial charge in [-0.25, -0.2) is 0 Å². The number of benzene rings is 1. The molecule has 0 saturated heterocycles. The van der Waals surface area contributed by atoms with Gasteiger partial charge in [0.2, 0.25) is 5.91 Å². The molecule has 1 saturated carbocycles. The fraction of sp³-hybridized carbons (Fsp3) is 0.450. The molecule has 0 bridgehead atoms. The van der Waals surface area contributed by atoms with Gasteiger partial charge in [0.05, 0.1) is 4.92 Å². The lowest BCUT2D eigenvalue weighted by atomic mass is 10.1. The molecule has 132 valence electrons. The van der Waals surface area contributed by atoms with Crippen molar-refractivity contribution in [3.8, 4) is 0 Å². The van der Waals surface area contributed by atoms with Gasteiger partial charge in [0.25, 0.3) is 5.69 Å². The second-order valence-electron chi connectivity index (χ2n) is 6.79. The number of allylic oxidation sites excluding steroid dienone is 4. The van der Waals surface area contributed by atoms with Gasteiger partial charge < -0.3 is 5.32 Å². The fourth-order valence-corrected chi connectivity index (χ4v) is 3.82. The first-order chi connectivity index (χ1) is 12.2. The maximum atomic E-state index is 12.7. The van der Waals surface area contributed by atoms with Crippen molar-refractivity contribution in [3.05, 3.63) is 58.7 Å². The standard InChI is InChI=1S/C20H24N2O3/c23-20(21-17-13-9-10-14-18(17)22(24)25)19-15-11-7-5-3-1-2-4-6-8-12-16(15)19/h3-6,9-10,13-16,19H,1-2,7-8,11-12H2,(H,21,23)/b5-3-,6-4+/t15-,16+,19?/m0/s1. The molecule has 5 heteroatoms. The van der Waals surface area contributed by atoms with Crippen LogP contribution in [0.3, 0.4) is 0 Å². The molecule has 0 spiro atoms. The minimum Gasteiger partial charge on any atom is -0.320 e. The Balaban J connectivity index is 1.67. The highest BCUT2D eigenvalue weighted by atomic mass is 16.6. The van der Waals surface area contributed by atoms with E-state index in [4.69, 9.17) is 0 Å². The lowest BCUT2D eigenvalue weighted by Crippen LogP contribution is -2.16. The highest BCUT2D eigenvalue weighted by Crippen LogP contribution is 2.52. The van der Waals surface area contributed by atoms with Crippen LogP contribution in [0, 0.1) is 27.9 Å². The number of carbonyl (C=O) groups is 1. The Kier molecular flexibility index (Phi) is 5.64. The fourth-order valence-electron chi connectivity index (χ4n) is 3.82. The number of amides is 1. The Hall–Kier alpha value is -2.43. The third kappa shape index (κ3) is 4.35. The normalized spacial score (nSPS) is 28.6. The van der Waals surface area contributed by atoms with Crippen molar-refractivity contribution in [1.29, 1.82) is 0 Å². The molecule has 0 heterocycles. The van der Waals surface area contributed by atoms with E-state index in [0.29, 0.717) is 17.5 Å². The number of hydrogen-bond acceptors (Lipinski definition) is 3. The van der Waals surface area contributed by atoms with E-state index in [1.54, 1.807) is 18.2 Å². The van der Waals surface area contributed by atoms with Crippen LogP contribution in [-0.2, 0) is 4.79 Å². The molecule has 0 aliphatic heterocycles. The van der Waals surface area contributed by atoms with Gasteiger partial charge in [0.1, 0.15) is 5.69 Å². The van der Waals surface area contributed by atoms with Gasteiger partial charge in [-0.15, -0.1) is 0 Å². The minimum atomic E-state index is -0.456. The van der Waals surface area contributed by atoms with Gasteiger partial charge in [-0.2, -0.15) is 0 Å². The molecule has 1 fully saturated rings. The van der Waals surface area contributed by atoms with Crippen LogP contribution in [-0.4, -0.2) is 10.8 Å². The Morgan fingerprint density at radius 3 is 2.12 bits per heavy atom. The quantitative estimate of drug-likeness (QED) is 0.485. The number of nitro benzene ring substituents is 1. The van der Waals surface area contributed by atoms with Crippen molar-refractivity contribution in [2.75, 3.05) is 5.32 Å². The van der Waals surface area contributed by atoms with Crippen molar-refractivity contribution in [1.82, 2.24) is 0 Å². The SMILES string of the molecule is O=C(Nc1ccccc1[N+](=O)[O-])C1[C@H]2CC/C=C\CC/C=C/CC[C@@H]12. The van der Waals surface area contributed by atoms with Crippen molar-refractivity contribution < 1.29 is 9.72 Å². The summed E-state index contributed by atoms with van der Waals surface area (Å²) in [6, 6.07) is 6.32. The van der Waals surface area contributed by atoms with Gasteiger partial charge in [0, 0.05) is 12.0 Å². The van der Waals surface area contributed by atoms with E-state index in [2.05, 4.69) is 29.6 Å². The summed E-state index contributed by atoms with van der Waals surface area (Å²) >= 11 is 0. The smallest absolute Gasteiger partial charge is 0.292 e. The predicted molar refractivity (Wildman–Crippen MR) is 98.2 cm³/mol. The van der Waals surface area contributed by atoms with Crippen molar-refractivity contribution in [2.24, 2.45) is 17.8 Å². The maximum absolute atomic E-state index is 12.7. The largest absolute Gasteiger partial charge is 0.320 e. The second kappa shape index (κ2) is 8.10. The second-order valence-corrected chi connectivity index (χ2v) is 6.79. The number of fused-ring (bicyclic) bond motifs is 1. The Bertz CT molecular complexity index is 672.